The molecule has 1 N–H and O–H groups in total. The van der Waals surface area contributed by atoms with Crippen molar-refractivity contribution in [3.05, 3.63) is 40.8 Å². The predicted octanol–water partition coefficient (Wildman–Crippen LogP) is 3.22. The quantitative estimate of drug-likeness (QED) is 0.494. The summed E-state index contributed by atoms with van der Waals surface area (Å²) in [7, 11) is 0. The van der Waals surface area contributed by atoms with Crippen molar-refractivity contribution in [2.75, 3.05) is 0 Å². The first kappa shape index (κ1) is 13.9. The zero-order chi connectivity index (χ0) is 13.7. The lowest BCUT2D eigenvalue weighted by Crippen LogP contribution is -2.15. The Balaban J connectivity index is 2.99. The number of phenolic OH excluding ortho intramolecular Hbond substituents is 1. The van der Waals surface area contributed by atoms with E-state index in [-0.39, 0.29) is 23.1 Å². The standard InChI is InChI=1S/C13H15NO4/c1-4-5-9(3)18-13(16)12-8(2)6-10(14-17)7-11(12)15/h4,6-7,9,15H,1,5H2,2-3H3/t9-/m1/s1. The first-order chi connectivity index (χ1) is 8.49. The highest BCUT2D eigenvalue weighted by Crippen LogP contribution is 2.28. The van der Waals surface area contributed by atoms with Crippen LogP contribution in [0.2, 0.25) is 0 Å². The van der Waals surface area contributed by atoms with Crippen LogP contribution in [0, 0.1) is 11.8 Å². The third-order valence-corrected chi connectivity index (χ3v) is 2.42. The molecule has 0 saturated heterocycles. The Kier molecular flexibility index (Phi) is 4.59. The molecule has 96 valence electrons. The number of benzene rings is 1. The zero-order valence-electron chi connectivity index (χ0n) is 10.3. The molecule has 0 aromatic heterocycles. The lowest BCUT2D eigenvalue weighted by Gasteiger charge is -2.13. The number of hydrogen-bond acceptors (Lipinski definition) is 5. The molecule has 0 amide bonds. The summed E-state index contributed by atoms with van der Waals surface area (Å²) in [6.07, 6.45) is 1.85. The Labute approximate surface area is 105 Å². The van der Waals surface area contributed by atoms with E-state index in [2.05, 4.69) is 11.8 Å². The summed E-state index contributed by atoms with van der Waals surface area (Å²) in [4.78, 5) is 22.2. The molecule has 0 heterocycles. The molecule has 0 bridgehead atoms. The number of hydrogen-bond donors (Lipinski definition) is 1. The van der Waals surface area contributed by atoms with Crippen LogP contribution < -0.4 is 0 Å². The van der Waals surface area contributed by atoms with E-state index in [0.717, 1.165) is 6.07 Å². The average molecular weight is 249 g/mol. The van der Waals surface area contributed by atoms with E-state index in [9.17, 15) is 14.8 Å². The van der Waals surface area contributed by atoms with Crippen molar-refractivity contribution in [3.63, 3.8) is 0 Å². The maximum atomic E-state index is 11.8. The smallest absolute Gasteiger partial charge is 0.342 e. The molecule has 5 nitrogen and oxygen atoms in total. The molecule has 0 saturated carbocycles. The second kappa shape index (κ2) is 5.95. The maximum absolute atomic E-state index is 11.8. The highest BCUT2D eigenvalue weighted by atomic mass is 16.5. The second-order valence-corrected chi connectivity index (χ2v) is 3.99. The summed E-state index contributed by atoms with van der Waals surface area (Å²) in [6, 6.07) is 2.55. The zero-order valence-corrected chi connectivity index (χ0v) is 10.3. The van der Waals surface area contributed by atoms with Crippen LogP contribution in [0.1, 0.15) is 29.3 Å². The Morgan fingerprint density at radius 2 is 2.28 bits per heavy atom. The van der Waals surface area contributed by atoms with Crippen molar-refractivity contribution < 1.29 is 14.6 Å². The van der Waals surface area contributed by atoms with Crippen molar-refractivity contribution in [1.29, 1.82) is 0 Å². The number of ether oxygens (including phenoxy) is 1. The molecule has 0 aliphatic rings. The van der Waals surface area contributed by atoms with E-state index < -0.39 is 5.97 Å². The summed E-state index contributed by atoms with van der Waals surface area (Å²) in [5.74, 6) is -0.933. The topological polar surface area (TPSA) is 76.0 Å². The van der Waals surface area contributed by atoms with Crippen LogP contribution >= 0.6 is 0 Å². The molecule has 0 unspecified atom stereocenters. The third kappa shape index (κ3) is 3.16. The van der Waals surface area contributed by atoms with E-state index in [4.69, 9.17) is 4.74 Å². The van der Waals surface area contributed by atoms with Gasteiger partial charge < -0.3 is 9.84 Å². The van der Waals surface area contributed by atoms with Crippen LogP contribution in [-0.4, -0.2) is 17.2 Å². The molecule has 1 atom stereocenters. The first-order valence-corrected chi connectivity index (χ1v) is 5.48. The molecule has 0 radical (unpaired) electrons. The van der Waals surface area contributed by atoms with Crippen LogP contribution in [0.3, 0.4) is 0 Å². The van der Waals surface area contributed by atoms with E-state index in [1.165, 1.54) is 6.07 Å². The van der Waals surface area contributed by atoms with Crippen LogP contribution in [0.25, 0.3) is 0 Å². The van der Waals surface area contributed by atoms with Crippen LogP contribution in [0.15, 0.2) is 30.0 Å². The fraction of sp³-hybridized carbons (Fsp3) is 0.308. The van der Waals surface area contributed by atoms with Crippen molar-refractivity contribution in [3.8, 4) is 5.75 Å². The monoisotopic (exact) mass is 249 g/mol. The molecule has 0 aliphatic carbocycles. The number of rotatable bonds is 5. The Morgan fingerprint density at radius 1 is 1.61 bits per heavy atom. The molecular weight excluding hydrogens is 234 g/mol. The fourth-order valence-corrected chi connectivity index (χ4v) is 1.59. The SMILES string of the molecule is C=CC[C@@H](C)OC(=O)c1c(C)cc(N=O)cc1O. The van der Waals surface area contributed by atoms with Gasteiger partial charge in [0.05, 0.1) is 0 Å². The van der Waals surface area contributed by atoms with E-state index in [1.807, 2.05) is 0 Å². The molecule has 0 aliphatic heterocycles. The normalized spacial score (nSPS) is 11.7. The van der Waals surface area contributed by atoms with Gasteiger partial charge in [0.25, 0.3) is 0 Å². The molecule has 0 spiro atoms. The minimum Gasteiger partial charge on any atom is -0.507 e. The molecule has 1 aromatic carbocycles. The minimum atomic E-state index is -0.628. The van der Waals surface area contributed by atoms with Gasteiger partial charge in [-0.2, -0.15) is 0 Å². The average Bonchev–Trinajstić information content (AvgIpc) is 2.27. The summed E-state index contributed by atoms with van der Waals surface area (Å²) in [5, 5.41) is 12.4. The fourth-order valence-electron chi connectivity index (χ4n) is 1.59. The lowest BCUT2D eigenvalue weighted by molar-refractivity contribution is 0.0344. The lowest BCUT2D eigenvalue weighted by atomic mass is 10.1. The molecule has 1 rings (SSSR count). The van der Waals surface area contributed by atoms with Gasteiger partial charge in [-0.3, -0.25) is 0 Å². The maximum Gasteiger partial charge on any atom is 0.342 e. The van der Waals surface area contributed by atoms with Gasteiger partial charge in [-0.1, -0.05) is 6.08 Å². The largest absolute Gasteiger partial charge is 0.507 e. The van der Waals surface area contributed by atoms with Crippen molar-refractivity contribution >= 4 is 11.7 Å². The van der Waals surface area contributed by atoms with Crippen molar-refractivity contribution in [1.82, 2.24) is 0 Å². The molecule has 1 aromatic rings. The van der Waals surface area contributed by atoms with E-state index >= 15 is 0 Å². The number of aryl methyl sites for hydroxylation is 1. The predicted molar refractivity (Wildman–Crippen MR) is 68.0 cm³/mol. The highest BCUT2D eigenvalue weighted by molar-refractivity contribution is 5.94. The van der Waals surface area contributed by atoms with Gasteiger partial charge in [-0.05, 0) is 30.7 Å². The molecule has 5 heteroatoms. The number of aromatic hydroxyl groups is 1. The summed E-state index contributed by atoms with van der Waals surface area (Å²) >= 11 is 0. The second-order valence-electron chi connectivity index (χ2n) is 3.99. The van der Waals surface area contributed by atoms with Crippen LogP contribution in [-0.2, 0) is 4.74 Å². The van der Waals surface area contributed by atoms with Gasteiger partial charge >= 0.3 is 5.97 Å². The van der Waals surface area contributed by atoms with Gasteiger partial charge in [0.1, 0.15) is 23.1 Å². The Bertz CT molecular complexity index is 459. The van der Waals surface area contributed by atoms with Gasteiger partial charge in [-0.25, -0.2) is 4.79 Å². The van der Waals surface area contributed by atoms with Crippen LogP contribution in [0.5, 0.6) is 5.75 Å². The minimum absolute atomic E-state index is 0.0540. The number of carbonyl (C=O) groups excluding carboxylic acids is 1. The number of esters is 1. The summed E-state index contributed by atoms with van der Waals surface area (Å²) < 4.78 is 5.13. The van der Waals surface area contributed by atoms with Gasteiger partial charge in [0.15, 0.2) is 0 Å². The van der Waals surface area contributed by atoms with Crippen molar-refractivity contribution in [2.45, 2.75) is 26.4 Å². The molecule has 0 fully saturated rings. The van der Waals surface area contributed by atoms with Gasteiger partial charge in [0, 0.05) is 12.5 Å². The van der Waals surface area contributed by atoms with Crippen LogP contribution in [0.4, 0.5) is 5.69 Å². The van der Waals surface area contributed by atoms with Crippen molar-refractivity contribution in [2.24, 2.45) is 5.18 Å². The number of carbonyl (C=O) groups is 1. The number of phenols is 1. The third-order valence-electron chi connectivity index (χ3n) is 2.42. The van der Waals surface area contributed by atoms with Gasteiger partial charge in [-0.15, -0.1) is 11.5 Å². The molecule has 18 heavy (non-hydrogen) atoms. The summed E-state index contributed by atoms with van der Waals surface area (Å²) in [6.45, 7) is 6.88. The summed E-state index contributed by atoms with van der Waals surface area (Å²) in [5.41, 5.74) is 0.569. The van der Waals surface area contributed by atoms with Gasteiger partial charge in [0.2, 0.25) is 0 Å². The van der Waals surface area contributed by atoms with E-state index in [0.29, 0.717) is 12.0 Å². The Hall–Kier alpha value is -2.17. The first-order valence-electron chi connectivity index (χ1n) is 5.48. The van der Waals surface area contributed by atoms with E-state index in [1.54, 1.807) is 19.9 Å². The number of nitrogens with zero attached hydrogens (tertiary/aromatic N) is 1. The highest BCUT2D eigenvalue weighted by Gasteiger charge is 2.19. The number of nitroso groups, excluding NO2 is 1. The molecular formula is C13H15NO4. The Morgan fingerprint density at radius 3 is 2.78 bits per heavy atom.